The molecule has 0 fully saturated rings. The molecule has 0 bridgehead atoms. The molecule has 1 aliphatic rings. The Labute approximate surface area is 81.4 Å². The summed E-state index contributed by atoms with van der Waals surface area (Å²) < 4.78 is 11.1. The maximum Gasteiger partial charge on any atom is 0.241 e. The van der Waals surface area contributed by atoms with Crippen molar-refractivity contribution in [2.75, 3.05) is 6.61 Å². The van der Waals surface area contributed by atoms with Crippen LogP contribution >= 0.6 is 0 Å². The van der Waals surface area contributed by atoms with Crippen LogP contribution in [-0.2, 0) is 9.16 Å². The summed E-state index contributed by atoms with van der Waals surface area (Å²) in [6.07, 6.45) is 5.85. The van der Waals surface area contributed by atoms with Crippen LogP contribution in [0.1, 0.15) is 6.92 Å². The molecule has 13 heavy (non-hydrogen) atoms. The molecule has 1 atom stereocenters. The van der Waals surface area contributed by atoms with E-state index in [1.165, 1.54) is 0 Å². The first-order valence-corrected chi connectivity index (χ1v) is 8.07. The lowest BCUT2D eigenvalue weighted by atomic mass is 10.1. The Hall–Kier alpha value is -0.703. The van der Waals surface area contributed by atoms with Crippen molar-refractivity contribution in [2.24, 2.45) is 5.92 Å². The molecule has 0 aromatic heterocycles. The maximum atomic E-state index is 5.94. The van der Waals surface area contributed by atoms with Crippen LogP contribution in [0.25, 0.3) is 0 Å². The fraction of sp³-hybridized carbons (Fsp3) is 0.600. The lowest BCUT2D eigenvalue weighted by molar-refractivity contribution is 0.235. The summed E-state index contributed by atoms with van der Waals surface area (Å²) in [7, 11) is -1.47. The molecule has 0 radical (unpaired) electrons. The smallest absolute Gasteiger partial charge is 0.241 e. The van der Waals surface area contributed by atoms with E-state index < -0.39 is 8.32 Å². The number of allylic oxidation sites excluding steroid dienone is 1. The van der Waals surface area contributed by atoms with Gasteiger partial charge in [0.15, 0.2) is 0 Å². The second-order valence-electron chi connectivity index (χ2n) is 4.17. The largest absolute Gasteiger partial charge is 0.547 e. The quantitative estimate of drug-likeness (QED) is 0.513. The van der Waals surface area contributed by atoms with E-state index in [2.05, 4.69) is 25.7 Å². The van der Waals surface area contributed by atoms with Gasteiger partial charge < -0.3 is 9.16 Å². The van der Waals surface area contributed by atoms with Gasteiger partial charge in [-0.3, -0.25) is 0 Å². The first-order chi connectivity index (χ1) is 6.03. The number of rotatable bonds is 3. The van der Waals surface area contributed by atoms with E-state index in [0.29, 0.717) is 5.92 Å². The number of hydrogen-bond donors (Lipinski definition) is 0. The summed E-state index contributed by atoms with van der Waals surface area (Å²) in [6, 6.07) is 0. The predicted octanol–water partition coefficient (Wildman–Crippen LogP) is 2.90. The van der Waals surface area contributed by atoms with Crippen LogP contribution in [0.2, 0.25) is 19.6 Å². The number of ether oxygens (including phenoxy) is 1. The third-order valence-electron chi connectivity index (χ3n) is 1.76. The molecule has 74 valence electrons. The second-order valence-corrected chi connectivity index (χ2v) is 8.60. The summed E-state index contributed by atoms with van der Waals surface area (Å²) in [5, 5.41) is 0. The van der Waals surface area contributed by atoms with Crippen LogP contribution in [0.3, 0.4) is 0 Å². The van der Waals surface area contributed by atoms with E-state index in [9.17, 15) is 0 Å². The highest BCUT2D eigenvalue weighted by molar-refractivity contribution is 6.70. The lowest BCUT2D eigenvalue weighted by Gasteiger charge is -2.24. The first-order valence-electron chi connectivity index (χ1n) is 4.66. The Kier molecular flexibility index (Phi) is 3.20. The van der Waals surface area contributed by atoms with E-state index in [-0.39, 0.29) is 0 Å². The minimum Gasteiger partial charge on any atom is -0.547 e. The van der Waals surface area contributed by atoms with Gasteiger partial charge in [-0.2, -0.15) is 0 Å². The second kappa shape index (κ2) is 4.00. The molecule has 0 spiro atoms. The average Bonchev–Trinajstić information content (AvgIpc) is 2.50. The summed E-state index contributed by atoms with van der Waals surface area (Å²) in [4.78, 5) is 0. The molecular weight excluding hydrogens is 180 g/mol. The van der Waals surface area contributed by atoms with Gasteiger partial charge >= 0.3 is 0 Å². The molecule has 0 saturated heterocycles. The summed E-state index contributed by atoms with van der Waals surface area (Å²) >= 11 is 0. The topological polar surface area (TPSA) is 18.5 Å². The van der Waals surface area contributed by atoms with E-state index in [1.807, 2.05) is 13.0 Å². The SMILES string of the molecule is C/C=C(/O[Si](C)(C)C)[C@H]1C=COC1. The minimum absolute atomic E-state index is 0.330. The van der Waals surface area contributed by atoms with Gasteiger partial charge in [-0.15, -0.1) is 0 Å². The van der Waals surface area contributed by atoms with Gasteiger partial charge in [-0.25, -0.2) is 0 Å². The highest BCUT2D eigenvalue weighted by Gasteiger charge is 2.23. The van der Waals surface area contributed by atoms with Crippen molar-refractivity contribution < 1.29 is 9.16 Å². The Morgan fingerprint density at radius 2 is 2.23 bits per heavy atom. The summed E-state index contributed by atoms with van der Waals surface area (Å²) in [5.41, 5.74) is 0. The van der Waals surface area contributed by atoms with Gasteiger partial charge in [0, 0.05) is 0 Å². The highest BCUT2D eigenvalue weighted by Crippen LogP contribution is 2.22. The molecule has 0 amide bonds. The molecule has 0 aromatic carbocycles. The maximum absolute atomic E-state index is 5.94. The molecule has 1 aliphatic heterocycles. The van der Waals surface area contributed by atoms with Crippen molar-refractivity contribution in [1.82, 2.24) is 0 Å². The molecule has 0 unspecified atom stereocenters. The van der Waals surface area contributed by atoms with Gasteiger partial charge in [0.25, 0.3) is 0 Å². The monoisotopic (exact) mass is 198 g/mol. The number of hydrogen-bond acceptors (Lipinski definition) is 2. The third-order valence-corrected chi connectivity index (χ3v) is 2.60. The van der Waals surface area contributed by atoms with Crippen LogP contribution in [0, 0.1) is 5.92 Å². The Morgan fingerprint density at radius 3 is 2.62 bits per heavy atom. The zero-order valence-electron chi connectivity index (χ0n) is 8.83. The van der Waals surface area contributed by atoms with E-state index in [0.717, 1.165) is 12.4 Å². The van der Waals surface area contributed by atoms with Gasteiger partial charge in [0.2, 0.25) is 8.32 Å². The van der Waals surface area contributed by atoms with Crippen LogP contribution < -0.4 is 0 Å². The predicted molar refractivity (Wildman–Crippen MR) is 56.8 cm³/mol. The minimum atomic E-state index is -1.47. The fourth-order valence-electron chi connectivity index (χ4n) is 1.24. The van der Waals surface area contributed by atoms with Crippen molar-refractivity contribution in [1.29, 1.82) is 0 Å². The van der Waals surface area contributed by atoms with Crippen LogP contribution in [0.5, 0.6) is 0 Å². The molecular formula is C10H18O2Si. The first kappa shape index (κ1) is 10.4. The zero-order chi connectivity index (χ0) is 9.90. The molecule has 0 aromatic rings. The highest BCUT2D eigenvalue weighted by atomic mass is 28.4. The van der Waals surface area contributed by atoms with Crippen molar-refractivity contribution in [3.63, 3.8) is 0 Å². The third kappa shape index (κ3) is 3.26. The molecule has 0 aliphatic carbocycles. The summed E-state index contributed by atoms with van der Waals surface area (Å²) in [5.74, 6) is 1.39. The molecule has 2 nitrogen and oxygen atoms in total. The molecule has 1 rings (SSSR count). The Bertz CT molecular complexity index is 226. The Balaban J connectivity index is 2.59. The van der Waals surface area contributed by atoms with E-state index in [1.54, 1.807) is 6.26 Å². The zero-order valence-corrected chi connectivity index (χ0v) is 9.83. The van der Waals surface area contributed by atoms with Gasteiger partial charge in [0.05, 0.1) is 17.9 Å². The average molecular weight is 198 g/mol. The van der Waals surface area contributed by atoms with Crippen LogP contribution in [0.4, 0.5) is 0 Å². The normalized spacial score (nSPS) is 23.1. The van der Waals surface area contributed by atoms with E-state index in [4.69, 9.17) is 9.16 Å². The molecule has 0 saturated carbocycles. The van der Waals surface area contributed by atoms with Crippen molar-refractivity contribution in [3.05, 3.63) is 24.2 Å². The van der Waals surface area contributed by atoms with E-state index >= 15 is 0 Å². The van der Waals surface area contributed by atoms with Crippen molar-refractivity contribution in [2.45, 2.75) is 26.6 Å². The Morgan fingerprint density at radius 1 is 1.54 bits per heavy atom. The van der Waals surface area contributed by atoms with Crippen LogP contribution in [0.15, 0.2) is 24.2 Å². The fourth-order valence-corrected chi connectivity index (χ4v) is 2.22. The van der Waals surface area contributed by atoms with Crippen LogP contribution in [-0.4, -0.2) is 14.9 Å². The standard InChI is InChI=1S/C10H18O2Si/c1-5-10(12-13(2,3)4)9-6-7-11-8-9/h5-7,9H,8H2,1-4H3/b10-5+/t9-/m0/s1. The molecule has 0 N–H and O–H groups in total. The molecule has 1 heterocycles. The van der Waals surface area contributed by atoms with Gasteiger partial charge in [-0.05, 0) is 32.6 Å². The lowest BCUT2D eigenvalue weighted by Crippen LogP contribution is -2.27. The summed E-state index contributed by atoms with van der Waals surface area (Å²) in [6.45, 7) is 9.31. The van der Waals surface area contributed by atoms with Crippen molar-refractivity contribution >= 4 is 8.32 Å². The molecule has 3 heteroatoms. The van der Waals surface area contributed by atoms with Crippen molar-refractivity contribution in [3.8, 4) is 0 Å². The van der Waals surface area contributed by atoms with Gasteiger partial charge in [0.1, 0.15) is 6.61 Å². The van der Waals surface area contributed by atoms with Gasteiger partial charge in [-0.1, -0.05) is 6.08 Å².